The van der Waals surface area contributed by atoms with Gasteiger partial charge in [0.2, 0.25) is 0 Å². The van der Waals surface area contributed by atoms with Crippen molar-refractivity contribution in [1.82, 2.24) is 14.0 Å². The maximum absolute atomic E-state index is 13.0. The van der Waals surface area contributed by atoms with Gasteiger partial charge in [-0.05, 0) is 18.6 Å². The molecule has 2 heterocycles. The van der Waals surface area contributed by atoms with Gasteiger partial charge in [0, 0.05) is 38.1 Å². The summed E-state index contributed by atoms with van der Waals surface area (Å²) < 4.78 is 7.12. The molecule has 2 aromatic rings. The summed E-state index contributed by atoms with van der Waals surface area (Å²) >= 11 is 1.04. The third kappa shape index (κ3) is 6.18. The Bertz CT molecular complexity index is 1150. The number of nitrogens with zero attached hydrogens (tertiary/aromatic N) is 3. The zero-order chi connectivity index (χ0) is 25.4. The summed E-state index contributed by atoms with van der Waals surface area (Å²) in [6, 6.07) is 7.66. The number of amides is 2. The predicted molar refractivity (Wildman–Crippen MR) is 134 cm³/mol. The number of carbonyl (C=O) groups excluding carboxylic acids is 3. The van der Waals surface area contributed by atoms with Gasteiger partial charge in [0.25, 0.3) is 22.6 Å². The lowest BCUT2D eigenvalue weighted by Crippen LogP contribution is -2.44. The van der Waals surface area contributed by atoms with Crippen molar-refractivity contribution in [3.63, 3.8) is 0 Å². The molecule has 0 saturated heterocycles. The van der Waals surface area contributed by atoms with E-state index in [9.17, 15) is 24.0 Å². The molecule has 10 heteroatoms. The number of hydrogen-bond acceptors (Lipinski definition) is 7. The first kappa shape index (κ1) is 26.6. The van der Waals surface area contributed by atoms with E-state index in [0.29, 0.717) is 16.9 Å². The summed E-state index contributed by atoms with van der Waals surface area (Å²) in [6.45, 7) is 2.11. The Morgan fingerprint density at radius 3 is 2.20 bits per heavy atom. The van der Waals surface area contributed by atoms with Gasteiger partial charge in [0.1, 0.15) is 6.23 Å². The molecule has 1 aromatic carbocycles. The third-order valence-electron chi connectivity index (χ3n) is 5.97. The molecule has 1 aliphatic rings. The van der Waals surface area contributed by atoms with E-state index < -0.39 is 34.5 Å². The minimum Gasteiger partial charge on any atom is -0.361 e. The molecular formula is C25H31N3O6S. The Morgan fingerprint density at radius 1 is 0.943 bits per heavy atom. The van der Waals surface area contributed by atoms with Crippen LogP contribution in [0, 0.1) is 0 Å². The minimum atomic E-state index is -1.05. The normalized spacial score (nSPS) is 13.8. The van der Waals surface area contributed by atoms with Crippen LogP contribution in [0.3, 0.4) is 0 Å². The van der Waals surface area contributed by atoms with Gasteiger partial charge in [-0.15, -0.1) is 0 Å². The van der Waals surface area contributed by atoms with Gasteiger partial charge in [-0.1, -0.05) is 62.9 Å². The molecule has 188 valence electrons. The second-order valence-corrected chi connectivity index (χ2v) is 9.39. The van der Waals surface area contributed by atoms with Crippen LogP contribution >= 0.6 is 11.8 Å². The van der Waals surface area contributed by atoms with Crippen molar-refractivity contribution < 1.29 is 19.1 Å². The smallest absolute Gasteiger partial charge is 0.340 e. The molecule has 0 N–H and O–H groups in total. The van der Waals surface area contributed by atoms with Crippen molar-refractivity contribution >= 4 is 28.8 Å². The highest BCUT2D eigenvalue weighted by atomic mass is 32.2. The van der Waals surface area contributed by atoms with Crippen molar-refractivity contribution in [3.8, 4) is 0 Å². The number of imide groups is 1. The Kier molecular flexibility index (Phi) is 9.62. The molecule has 9 nitrogen and oxygen atoms in total. The second kappa shape index (κ2) is 12.6. The Hall–Kier alpha value is -2.98. The number of carbonyl (C=O) groups is 3. The molecular weight excluding hydrogens is 470 g/mol. The molecule has 1 atom stereocenters. The first-order chi connectivity index (χ1) is 16.9. The van der Waals surface area contributed by atoms with Crippen LogP contribution in [-0.2, 0) is 4.74 Å². The first-order valence-electron chi connectivity index (χ1n) is 11.9. The zero-order valence-corrected chi connectivity index (χ0v) is 20.9. The van der Waals surface area contributed by atoms with E-state index in [-0.39, 0.29) is 13.0 Å². The monoisotopic (exact) mass is 501 g/mol. The Morgan fingerprint density at radius 2 is 1.57 bits per heavy atom. The van der Waals surface area contributed by atoms with Gasteiger partial charge in [-0.25, -0.2) is 13.9 Å². The largest absolute Gasteiger partial charge is 0.361 e. The quantitative estimate of drug-likeness (QED) is 0.321. The maximum atomic E-state index is 13.0. The molecule has 0 fully saturated rings. The second-order valence-electron chi connectivity index (χ2n) is 8.35. The minimum absolute atomic E-state index is 0.0141. The fourth-order valence-corrected chi connectivity index (χ4v) is 4.84. The summed E-state index contributed by atoms with van der Waals surface area (Å²) in [5.41, 5.74) is -0.807. The van der Waals surface area contributed by atoms with Crippen LogP contribution in [0.2, 0.25) is 0 Å². The van der Waals surface area contributed by atoms with Crippen molar-refractivity contribution in [2.24, 2.45) is 0 Å². The van der Waals surface area contributed by atoms with Gasteiger partial charge in [-0.2, -0.15) is 0 Å². The van der Waals surface area contributed by atoms with Crippen LogP contribution in [-0.4, -0.2) is 50.5 Å². The highest BCUT2D eigenvalue weighted by molar-refractivity contribution is 8.13. The highest BCUT2D eigenvalue weighted by Gasteiger charge is 2.35. The number of ether oxygens (including phenoxy) is 1. The van der Waals surface area contributed by atoms with Crippen molar-refractivity contribution in [1.29, 1.82) is 0 Å². The number of thioether (sulfide) groups is 1. The molecule has 0 spiro atoms. The number of unbranched alkanes of at least 4 members (excludes halogenated alkanes) is 5. The van der Waals surface area contributed by atoms with Gasteiger partial charge >= 0.3 is 5.69 Å². The van der Waals surface area contributed by atoms with E-state index >= 15 is 0 Å². The predicted octanol–water partition coefficient (Wildman–Crippen LogP) is 3.90. The standard InChI is InChI=1S/C25H31N3O6S/c1-3-4-5-6-7-10-17-35-25(33)27-15-13-20(29)28(24(27)32)21(34-2)14-16-26-22(30)18-11-8-9-12-19(18)23(26)31/h8-9,11-13,15,21H,3-7,10,14,16-17H2,1-2H3. The number of rotatable bonds is 12. The van der Waals surface area contributed by atoms with Gasteiger partial charge in [-0.3, -0.25) is 24.1 Å². The molecule has 1 unspecified atom stereocenters. The van der Waals surface area contributed by atoms with Crippen LogP contribution < -0.4 is 11.2 Å². The average Bonchev–Trinajstić information content (AvgIpc) is 3.10. The van der Waals surface area contributed by atoms with Crippen LogP contribution in [0.15, 0.2) is 46.1 Å². The molecule has 0 bridgehead atoms. The molecule has 3 rings (SSSR count). The van der Waals surface area contributed by atoms with Gasteiger partial charge < -0.3 is 4.74 Å². The van der Waals surface area contributed by atoms with Gasteiger partial charge in [0.15, 0.2) is 0 Å². The van der Waals surface area contributed by atoms with E-state index in [0.717, 1.165) is 51.1 Å². The SMILES string of the molecule is CCCCCCCCSC(=O)n1ccc(=O)n(C(CCN2C(=O)c3ccccc3C2=O)OC)c1=O. The number of fused-ring (bicyclic) bond motifs is 1. The van der Waals surface area contributed by atoms with Crippen molar-refractivity contribution in [2.45, 2.75) is 58.1 Å². The Balaban J connectivity index is 1.66. The lowest BCUT2D eigenvalue weighted by atomic mass is 10.1. The summed E-state index contributed by atoms with van der Waals surface area (Å²) in [4.78, 5) is 64.4. The highest BCUT2D eigenvalue weighted by Crippen LogP contribution is 2.23. The van der Waals surface area contributed by atoms with Crippen LogP contribution in [0.25, 0.3) is 0 Å². The van der Waals surface area contributed by atoms with Gasteiger partial charge in [0.05, 0.1) is 11.1 Å². The van der Waals surface area contributed by atoms with Crippen LogP contribution in [0.5, 0.6) is 0 Å². The molecule has 1 aliphatic heterocycles. The number of hydrogen-bond donors (Lipinski definition) is 0. The van der Waals surface area contributed by atoms with Crippen molar-refractivity contribution in [3.05, 3.63) is 68.5 Å². The number of methoxy groups -OCH3 is 1. The van der Waals surface area contributed by atoms with Crippen LogP contribution in [0.1, 0.15) is 78.8 Å². The van der Waals surface area contributed by atoms with E-state index in [2.05, 4.69) is 6.92 Å². The molecule has 0 aliphatic carbocycles. The summed E-state index contributed by atoms with van der Waals surface area (Å²) in [5, 5.41) is -0.465. The van der Waals surface area contributed by atoms with E-state index in [1.807, 2.05) is 0 Å². The average molecular weight is 502 g/mol. The van der Waals surface area contributed by atoms with E-state index in [1.165, 1.54) is 32.6 Å². The number of benzene rings is 1. The molecule has 1 aromatic heterocycles. The first-order valence-corrected chi connectivity index (χ1v) is 12.9. The molecule has 0 saturated carbocycles. The fraction of sp³-hybridized carbons (Fsp3) is 0.480. The lowest BCUT2D eigenvalue weighted by Gasteiger charge is -2.21. The Labute approximate surface area is 208 Å². The molecule has 2 amide bonds. The van der Waals surface area contributed by atoms with E-state index in [4.69, 9.17) is 4.74 Å². The maximum Gasteiger partial charge on any atom is 0.340 e. The topological polar surface area (TPSA) is 108 Å². The molecule has 0 radical (unpaired) electrons. The fourth-order valence-electron chi connectivity index (χ4n) is 4.04. The van der Waals surface area contributed by atoms with E-state index in [1.54, 1.807) is 24.3 Å². The van der Waals surface area contributed by atoms with Crippen LogP contribution in [0.4, 0.5) is 4.79 Å². The number of aromatic nitrogens is 2. The zero-order valence-electron chi connectivity index (χ0n) is 20.1. The summed E-state index contributed by atoms with van der Waals surface area (Å²) in [7, 11) is 1.32. The molecule has 35 heavy (non-hydrogen) atoms. The summed E-state index contributed by atoms with van der Waals surface area (Å²) in [5.74, 6) is -0.275. The summed E-state index contributed by atoms with van der Waals surface area (Å²) in [6.07, 6.45) is 6.71. The third-order valence-corrected chi connectivity index (χ3v) is 6.91. The lowest BCUT2D eigenvalue weighted by molar-refractivity contribution is 0.0218. The van der Waals surface area contributed by atoms with Crippen molar-refractivity contribution in [2.75, 3.05) is 19.4 Å².